The Bertz CT molecular complexity index is 8120. The van der Waals surface area contributed by atoms with E-state index in [1.165, 1.54) is 242 Å². The summed E-state index contributed by atoms with van der Waals surface area (Å²) in [5.74, 6) is 1.72. The van der Waals surface area contributed by atoms with Crippen LogP contribution in [0.15, 0.2) is 410 Å². The fourth-order valence-corrected chi connectivity index (χ4v) is 24.9. The molecule has 6 aliphatic rings. The summed E-state index contributed by atoms with van der Waals surface area (Å²) in [7, 11) is 0. The Labute approximate surface area is 788 Å². The Morgan fingerprint density at radius 1 is 0.194 bits per heavy atom. The van der Waals surface area contributed by atoms with Crippen molar-refractivity contribution < 1.29 is 4.74 Å². The van der Waals surface area contributed by atoms with Gasteiger partial charge in [-0.05, 0) is 243 Å². The van der Waals surface area contributed by atoms with Gasteiger partial charge in [0.2, 0.25) is 0 Å². The van der Waals surface area contributed by atoms with Crippen LogP contribution in [0.4, 0.5) is 51.2 Å². The van der Waals surface area contributed by atoms with Gasteiger partial charge in [0, 0.05) is 63.8 Å². The zero-order valence-corrected chi connectivity index (χ0v) is 78.1. The third kappa shape index (κ3) is 12.1. The number of nitrogens with zero attached hydrogens (tertiary/aromatic N) is 3. The maximum Gasteiger partial charge on any atom is 0.151 e. The molecule has 27 rings (SSSR count). The number of hydrogen-bond acceptors (Lipinski definition) is 5. The van der Waals surface area contributed by atoms with Crippen molar-refractivity contribution in [3.05, 3.63) is 462 Å². The predicted molar refractivity (Wildman–Crippen MR) is 568 cm³/mol. The van der Waals surface area contributed by atoms with Crippen molar-refractivity contribution >= 4 is 128 Å². The first-order chi connectivity index (χ1) is 65.3. The van der Waals surface area contributed by atoms with Gasteiger partial charge in [-0.2, -0.15) is 0 Å². The van der Waals surface area contributed by atoms with E-state index in [-0.39, 0.29) is 21.7 Å². The van der Waals surface area contributed by atoms with Crippen molar-refractivity contribution in [2.75, 3.05) is 14.7 Å². The minimum atomic E-state index is -0.111. The van der Waals surface area contributed by atoms with Crippen LogP contribution in [0.25, 0.3) is 131 Å². The molecule has 3 aliphatic heterocycles. The fourth-order valence-electron chi connectivity index (χ4n) is 23.9. The zero-order valence-electron chi connectivity index (χ0n) is 77.3. The SMILES string of the molecule is Cc1ccc2c(N3c4ccccc4C(C)(C)c4ccccc43)c3ccccc3c(-c3ccc4c(c3)-c3ccccc3C4(C)C)c2c1.Cc1ccc2c(N3c4ccccc4Oc4ccccc43)c3ccccc3c(-c3ccc4c(c3)-c3ccccc3C4(C)C)c2c1.Cc1ccc2c(N3c4ccccc4Sc4ccccc43)c3ccccc3c(-c3ccc4c(c3)-c3ccccc3C4(C)C)c2c1. The van der Waals surface area contributed by atoms with Gasteiger partial charge in [-0.25, -0.2) is 0 Å². The van der Waals surface area contributed by atoms with Crippen LogP contribution in [0.1, 0.15) is 117 Å². The number of aryl methyl sites for hydroxylation is 3. The number of benzene rings is 21. The highest BCUT2D eigenvalue weighted by molar-refractivity contribution is 7.99. The minimum Gasteiger partial charge on any atom is -0.453 e. The number of hydrogen-bond donors (Lipinski definition) is 0. The number of para-hydroxylation sites is 8. The quantitative estimate of drug-likeness (QED) is 0.154. The summed E-state index contributed by atoms with van der Waals surface area (Å²) in [5, 5.41) is 15.1. The molecule has 0 bridgehead atoms. The lowest BCUT2D eigenvalue weighted by Crippen LogP contribution is -2.30. The lowest BCUT2D eigenvalue weighted by molar-refractivity contribution is 0.477. The molecule has 4 nitrogen and oxygen atoms in total. The molecule has 5 heteroatoms. The molecule has 0 spiro atoms. The molecule has 21 aromatic rings. The summed E-state index contributed by atoms with van der Waals surface area (Å²) in [6.45, 7) is 25.5. The van der Waals surface area contributed by atoms with E-state index in [0.29, 0.717) is 0 Å². The molecule has 0 amide bonds. The average molecular weight is 1740 g/mol. The molecule has 134 heavy (non-hydrogen) atoms. The van der Waals surface area contributed by atoms with E-state index in [9.17, 15) is 0 Å². The summed E-state index contributed by atoms with van der Waals surface area (Å²) in [4.78, 5) is 10.0. The molecular formula is C129H99N3OS. The van der Waals surface area contributed by atoms with E-state index in [1.807, 2.05) is 23.9 Å². The molecule has 642 valence electrons. The van der Waals surface area contributed by atoms with E-state index in [2.05, 4.69) is 479 Å². The van der Waals surface area contributed by atoms with Gasteiger partial charge in [-0.15, -0.1) is 0 Å². The van der Waals surface area contributed by atoms with Crippen LogP contribution < -0.4 is 19.4 Å². The average Bonchev–Trinajstić information content (AvgIpc) is 0.877. The Balaban J connectivity index is 0.000000108. The van der Waals surface area contributed by atoms with Crippen LogP contribution in [0.2, 0.25) is 0 Å². The van der Waals surface area contributed by atoms with Crippen LogP contribution in [0, 0.1) is 20.8 Å². The third-order valence-electron chi connectivity index (χ3n) is 30.2. The molecule has 0 N–H and O–H groups in total. The molecule has 3 heterocycles. The molecule has 0 unspecified atom stereocenters. The van der Waals surface area contributed by atoms with E-state index in [1.54, 1.807) is 0 Å². The largest absolute Gasteiger partial charge is 0.453 e. The molecule has 0 fully saturated rings. The Morgan fingerprint density at radius 2 is 0.440 bits per heavy atom. The molecular weight excluding hydrogens is 1640 g/mol. The van der Waals surface area contributed by atoms with Gasteiger partial charge in [0.1, 0.15) is 0 Å². The van der Waals surface area contributed by atoms with Gasteiger partial charge >= 0.3 is 0 Å². The maximum atomic E-state index is 6.41. The Morgan fingerprint density at radius 3 is 0.791 bits per heavy atom. The van der Waals surface area contributed by atoms with E-state index in [4.69, 9.17) is 4.74 Å². The second-order valence-corrected chi connectivity index (χ2v) is 40.6. The van der Waals surface area contributed by atoms with Crippen LogP contribution in [-0.4, -0.2) is 0 Å². The van der Waals surface area contributed by atoms with Crippen molar-refractivity contribution in [1.29, 1.82) is 0 Å². The summed E-state index contributed by atoms with van der Waals surface area (Å²) in [6.07, 6.45) is 0. The van der Waals surface area contributed by atoms with Gasteiger partial charge in [-0.3, -0.25) is 0 Å². The van der Waals surface area contributed by atoms with Gasteiger partial charge < -0.3 is 19.4 Å². The molecule has 0 aromatic heterocycles. The second kappa shape index (κ2) is 30.4. The second-order valence-electron chi connectivity index (χ2n) is 39.5. The van der Waals surface area contributed by atoms with Gasteiger partial charge in [0.05, 0.1) is 51.2 Å². The summed E-state index contributed by atoms with van der Waals surface area (Å²) in [5.41, 5.74) is 41.2. The highest BCUT2D eigenvalue weighted by Gasteiger charge is 2.43. The van der Waals surface area contributed by atoms with Crippen LogP contribution >= 0.6 is 11.8 Å². The summed E-state index contributed by atoms with van der Waals surface area (Å²) >= 11 is 1.86. The monoisotopic (exact) mass is 1740 g/mol. The third-order valence-corrected chi connectivity index (χ3v) is 31.4. The first-order valence-electron chi connectivity index (χ1n) is 47.2. The van der Waals surface area contributed by atoms with Crippen LogP contribution in [0.5, 0.6) is 11.5 Å². The first kappa shape index (κ1) is 80.8. The number of rotatable bonds is 6. The molecule has 0 saturated heterocycles. The topological polar surface area (TPSA) is 19.0 Å². The van der Waals surface area contributed by atoms with Gasteiger partial charge in [0.25, 0.3) is 0 Å². The highest BCUT2D eigenvalue weighted by atomic mass is 32.2. The first-order valence-corrected chi connectivity index (χ1v) is 48.0. The molecule has 21 aromatic carbocycles. The van der Waals surface area contributed by atoms with E-state index < -0.39 is 0 Å². The van der Waals surface area contributed by atoms with Crippen molar-refractivity contribution in [2.24, 2.45) is 0 Å². The normalized spacial score (nSPS) is 14.6. The van der Waals surface area contributed by atoms with Crippen molar-refractivity contribution in [3.8, 4) is 78.3 Å². The van der Waals surface area contributed by atoms with Crippen molar-refractivity contribution in [1.82, 2.24) is 0 Å². The summed E-state index contributed by atoms with van der Waals surface area (Å²) < 4.78 is 6.41. The smallest absolute Gasteiger partial charge is 0.151 e. The molecule has 0 saturated carbocycles. The number of fused-ring (bicyclic) bond motifs is 21. The van der Waals surface area contributed by atoms with Gasteiger partial charge in [0.15, 0.2) is 11.5 Å². The number of ether oxygens (including phenoxy) is 1. The molecule has 0 atom stereocenters. The highest BCUT2D eigenvalue weighted by Crippen LogP contribution is 2.63. The molecule has 3 aliphatic carbocycles. The molecule has 0 radical (unpaired) electrons. The minimum absolute atomic E-state index is 0.0118. The lowest BCUT2D eigenvalue weighted by atomic mass is 9.73. The van der Waals surface area contributed by atoms with Gasteiger partial charge in [-0.1, -0.05) is 405 Å². The Kier molecular flexibility index (Phi) is 18.3. The standard InChI is InChI=1S/C45H37N.C42H31NO.C42H31NS/c1-28-22-24-33-35(26-28)42(29-23-25-37-34(27-29)30-14-8-9-17-36(30)44(37,2)3)31-15-6-7-16-32(31)43(33)46-40-20-12-10-18-38(40)45(4,5)39-19-11-13-21-41(39)46;2*1-26-20-22-31-33(24-26)40(27-21-23-35-32(25-27)28-12-6-7-15-34(28)42(35,2)3)29-13-4-5-14-30(29)41(31)43-36-16-8-10-18-38(36)44-39-19-11-9-17-37(39)43/h6-27H,1-5H3;2*4-25H,1-3H3. The van der Waals surface area contributed by atoms with Crippen LogP contribution in [0.3, 0.4) is 0 Å². The maximum absolute atomic E-state index is 6.41. The fraction of sp³-hybridized carbons (Fsp3) is 0.116. The van der Waals surface area contributed by atoms with Crippen molar-refractivity contribution in [2.45, 2.75) is 108 Å². The lowest BCUT2D eigenvalue weighted by Gasteiger charge is -2.42. The van der Waals surface area contributed by atoms with E-state index >= 15 is 0 Å². The Hall–Kier alpha value is -15.3. The van der Waals surface area contributed by atoms with Crippen LogP contribution in [-0.2, 0) is 21.7 Å². The summed E-state index contributed by atoms with van der Waals surface area (Å²) in [6, 6.07) is 149. The van der Waals surface area contributed by atoms with Crippen molar-refractivity contribution in [3.63, 3.8) is 0 Å². The zero-order chi connectivity index (χ0) is 90.5. The van der Waals surface area contributed by atoms with E-state index in [0.717, 1.165) is 22.9 Å². The number of anilines is 9. The predicted octanol–water partition coefficient (Wildman–Crippen LogP) is 36.4.